The summed E-state index contributed by atoms with van der Waals surface area (Å²) in [5, 5.41) is 11.6. The molecule has 0 aromatic heterocycles. The zero-order valence-corrected chi connectivity index (χ0v) is 14.0. The Hall–Kier alpha value is -0.424. The summed E-state index contributed by atoms with van der Waals surface area (Å²) in [4.78, 5) is 37.3. The molecule has 2 heterocycles. The zero-order chi connectivity index (χ0) is 17.4. The predicted molar refractivity (Wildman–Crippen MR) is 96.9 cm³/mol. The molecule has 3 rings (SSSR count). The van der Waals surface area contributed by atoms with Gasteiger partial charge in [-0.3, -0.25) is 14.5 Å². The molecule has 3 atom stereocenters. The summed E-state index contributed by atoms with van der Waals surface area (Å²) < 4.78 is 0. The van der Waals surface area contributed by atoms with Crippen molar-refractivity contribution in [3.63, 3.8) is 0 Å². The van der Waals surface area contributed by atoms with Crippen LogP contribution in [0, 0.1) is 0 Å². The molecule has 1 unspecified atom stereocenters. The van der Waals surface area contributed by atoms with Crippen molar-refractivity contribution in [2.75, 3.05) is 5.75 Å². The monoisotopic (exact) mass is 389 g/mol. The number of hydrogen-bond acceptors (Lipinski definition) is 5. The number of carbonyl (C=O) groups is 3. The van der Waals surface area contributed by atoms with Gasteiger partial charge < -0.3 is 16.2 Å². The van der Waals surface area contributed by atoms with Crippen molar-refractivity contribution in [3.05, 3.63) is 35.1 Å². The Morgan fingerprint density at radius 1 is 1.44 bits per heavy atom. The summed E-state index contributed by atoms with van der Waals surface area (Å²) in [6.07, 6.45) is 7.26. The summed E-state index contributed by atoms with van der Waals surface area (Å²) in [5.41, 5.74) is 7.49. The van der Waals surface area contributed by atoms with Gasteiger partial charge in [0.1, 0.15) is 23.2 Å². The molecule has 3 aliphatic rings. The Morgan fingerprint density at radius 2 is 2.16 bits per heavy atom. The van der Waals surface area contributed by atoms with E-state index < -0.39 is 29.9 Å². The number of carbonyl (C=O) groups excluding carboxylic acids is 2. The number of aliphatic carboxylic acids is 1. The fourth-order valence-corrected chi connectivity index (χ4v) is 4.35. The van der Waals surface area contributed by atoms with Crippen molar-refractivity contribution in [1.82, 2.24) is 10.2 Å². The van der Waals surface area contributed by atoms with Crippen molar-refractivity contribution in [1.29, 1.82) is 0 Å². The Morgan fingerprint density at radius 3 is 2.76 bits per heavy atom. The summed E-state index contributed by atoms with van der Waals surface area (Å²) in [6, 6.07) is -1.52. The molecule has 1 aliphatic carbocycles. The average molecular weight is 390 g/mol. The predicted octanol–water partition coefficient (Wildman–Crippen LogP) is -0.300. The summed E-state index contributed by atoms with van der Waals surface area (Å²) in [5.74, 6) is -1.41. The van der Waals surface area contributed by atoms with E-state index in [2.05, 4.69) is 5.32 Å². The molecular weight excluding hydrogens is 369 g/mol. The van der Waals surface area contributed by atoms with Crippen molar-refractivity contribution in [2.45, 2.75) is 37.2 Å². The van der Waals surface area contributed by atoms with Crippen LogP contribution in [0.2, 0.25) is 0 Å². The molecule has 0 aromatic carbocycles. The van der Waals surface area contributed by atoms with Crippen LogP contribution in [0.5, 0.6) is 0 Å². The maximum absolute atomic E-state index is 12.3. The van der Waals surface area contributed by atoms with Crippen LogP contribution in [-0.4, -0.2) is 102 Å². The number of β-lactam (4-membered cyclic amide) rings is 1. The molecular formula is C16H20KN3O4S. The molecule has 7 nitrogen and oxygen atoms in total. The molecule has 130 valence electrons. The van der Waals surface area contributed by atoms with E-state index in [4.69, 9.17) is 5.73 Å². The Bertz CT molecular complexity index is 703. The molecule has 25 heavy (non-hydrogen) atoms. The third kappa shape index (κ3) is 3.97. The van der Waals surface area contributed by atoms with Crippen LogP contribution in [0.25, 0.3) is 0 Å². The molecule has 2 amide bonds. The normalized spacial score (nSPS) is 26.1. The summed E-state index contributed by atoms with van der Waals surface area (Å²) in [6.45, 7) is 1.70. The van der Waals surface area contributed by atoms with Crippen molar-refractivity contribution < 1.29 is 19.5 Å². The molecule has 0 radical (unpaired) electrons. The molecule has 9 heteroatoms. The number of carboxylic acids is 1. The number of amides is 2. The number of rotatable bonds is 4. The topological polar surface area (TPSA) is 113 Å². The number of thioether (sulfide) groups is 1. The molecule has 1 fully saturated rings. The van der Waals surface area contributed by atoms with Gasteiger partial charge in [0.2, 0.25) is 5.91 Å². The SMILES string of the molecule is CC1=C(C(=O)O)N2C(=O)[C@@H](NC(=O)C(N)C3=CCC=CC3)[C@H]2SC1.[KH]. The van der Waals surface area contributed by atoms with Gasteiger partial charge in [-0.1, -0.05) is 18.2 Å². The first kappa shape index (κ1) is 20.9. The zero-order valence-electron chi connectivity index (χ0n) is 13.2. The minimum atomic E-state index is -1.12. The third-order valence-electron chi connectivity index (χ3n) is 4.38. The first-order chi connectivity index (χ1) is 11.4. The Labute approximate surface area is 192 Å². The van der Waals surface area contributed by atoms with E-state index in [9.17, 15) is 19.5 Å². The van der Waals surface area contributed by atoms with Gasteiger partial charge in [0, 0.05) is 5.75 Å². The first-order valence-electron chi connectivity index (χ1n) is 7.69. The van der Waals surface area contributed by atoms with Crippen molar-refractivity contribution in [3.8, 4) is 0 Å². The van der Waals surface area contributed by atoms with Crippen LogP contribution in [-0.2, 0) is 14.4 Å². The van der Waals surface area contributed by atoms with Gasteiger partial charge in [-0.25, -0.2) is 4.79 Å². The van der Waals surface area contributed by atoms with Gasteiger partial charge in [0.05, 0.1) is 0 Å². The van der Waals surface area contributed by atoms with Crippen LogP contribution >= 0.6 is 11.8 Å². The Balaban J connectivity index is 0.00000225. The van der Waals surface area contributed by atoms with Crippen LogP contribution in [0.3, 0.4) is 0 Å². The van der Waals surface area contributed by atoms with E-state index in [0.29, 0.717) is 17.7 Å². The van der Waals surface area contributed by atoms with Crippen molar-refractivity contribution >= 4 is 80.9 Å². The third-order valence-corrected chi connectivity index (χ3v) is 5.80. The second kappa shape index (κ2) is 8.51. The second-order valence-electron chi connectivity index (χ2n) is 6.00. The maximum atomic E-state index is 12.3. The quantitative estimate of drug-likeness (QED) is 0.346. The number of nitrogens with zero attached hydrogens (tertiary/aromatic N) is 1. The molecule has 1 saturated heterocycles. The van der Waals surface area contributed by atoms with Crippen LogP contribution in [0.15, 0.2) is 35.1 Å². The molecule has 0 saturated carbocycles. The van der Waals surface area contributed by atoms with Gasteiger partial charge in [0.25, 0.3) is 5.91 Å². The van der Waals surface area contributed by atoms with E-state index in [-0.39, 0.29) is 62.5 Å². The molecule has 0 aromatic rings. The first-order valence-corrected chi connectivity index (χ1v) is 8.74. The molecule has 2 aliphatic heterocycles. The number of fused-ring (bicyclic) bond motifs is 1. The van der Waals surface area contributed by atoms with E-state index in [1.807, 2.05) is 18.2 Å². The van der Waals surface area contributed by atoms with Gasteiger partial charge in [-0.05, 0) is 30.9 Å². The average Bonchev–Trinajstić information content (AvgIpc) is 2.59. The van der Waals surface area contributed by atoms with E-state index in [0.717, 1.165) is 12.0 Å². The van der Waals surface area contributed by atoms with Crippen molar-refractivity contribution in [2.24, 2.45) is 5.73 Å². The summed E-state index contributed by atoms with van der Waals surface area (Å²) >= 11 is 1.45. The Kier molecular flexibility index (Phi) is 7.11. The number of carboxylic acid groups (broad SMARTS) is 1. The number of nitrogens with two attached hydrogens (primary N) is 1. The van der Waals surface area contributed by atoms with Crippen LogP contribution in [0.1, 0.15) is 19.8 Å². The van der Waals surface area contributed by atoms with Crippen LogP contribution in [0.4, 0.5) is 0 Å². The number of allylic oxidation sites excluding steroid dienone is 3. The van der Waals surface area contributed by atoms with Crippen LogP contribution < -0.4 is 11.1 Å². The molecule has 0 spiro atoms. The fraction of sp³-hybridized carbons (Fsp3) is 0.438. The van der Waals surface area contributed by atoms with E-state index >= 15 is 0 Å². The van der Waals surface area contributed by atoms with Gasteiger partial charge in [-0.15, -0.1) is 11.8 Å². The van der Waals surface area contributed by atoms with Gasteiger partial charge >= 0.3 is 57.4 Å². The molecule has 0 bridgehead atoms. The second-order valence-corrected chi connectivity index (χ2v) is 7.10. The van der Waals surface area contributed by atoms with E-state index in [1.54, 1.807) is 6.92 Å². The van der Waals surface area contributed by atoms with Gasteiger partial charge in [0.15, 0.2) is 0 Å². The number of hydrogen-bond donors (Lipinski definition) is 3. The minimum absolute atomic E-state index is 0. The van der Waals surface area contributed by atoms with E-state index in [1.165, 1.54) is 16.7 Å². The van der Waals surface area contributed by atoms with Gasteiger partial charge in [-0.2, -0.15) is 0 Å². The number of nitrogens with one attached hydrogen (secondary N) is 1. The standard InChI is InChI=1S/C16H19N3O4S.K.H/c1-8-7-24-15-11(14(21)19(15)12(8)16(22)23)18-13(20)10(17)9-5-3-2-4-6-9;;/h2-3,6,10-11,15H,4-5,7,17H2,1H3,(H,18,20)(H,22,23);;/t10?,11-,15-;;/m1../s1. The fourth-order valence-electron chi connectivity index (χ4n) is 3.06. The summed E-state index contributed by atoms with van der Waals surface area (Å²) in [7, 11) is 0. The molecule has 4 N–H and O–H groups in total.